The predicted molar refractivity (Wildman–Crippen MR) is 100 cm³/mol. The second-order valence-corrected chi connectivity index (χ2v) is 7.16. The van der Waals surface area contributed by atoms with E-state index in [-0.39, 0.29) is 13.2 Å². The van der Waals surface area contributed by atoms with Gasteiger partial charge in [-0.3, -0.25) is 0 Å². The van der Waals surface area contributed by atoms with Crippen molar-refractivity contribution < 1.29 is 27.5 Å². The van der Waals surface area contributed by atoms with Gasteiger partial charge in [0.15, 0.2) is 5.76 Å². The summed E-state index contributed by atoms with van der Waals surface area (Å²) < 4.78 is 50.0. The van der Waals surface area contributed by atoms with Crippen molar-refractivity contribution in [2.75, 3.05) is 6.61 Å². The molecule has 4 nitrogen and oxygen atoms in total. The SMILES string of the molecule is Cc1noc(-c2ccc(Br)cc2)c1C(O)COCc1cccc(C(F)(F)F)c1. The molecule has 0 fully saturated rings. The first-order valence-electron chi connectivity index (χ1n) is 8.39. The van der Waals surface area contributed by atoms with Gasteiger partial charge in [-0.25, -0.2) is 0 Å². The number of hydrogen-bond acceptors (Lipinski definition) is 4. The minimum absolute atomic E-state index is 0.0566. The fourth-order valence-electron chi connectivity index (χ4n) is 2.79. The van der Waals surface area contributed by atoms with Crippen molar-refractivity contribution in [2.45, 2.75) is 25.8 Å². The number of benzene rings is 2. The molecule has 0 bridgehead atoms. The van der Waals surface area contributed by atoms with Crippen LogP contribution < -0.4 is 0 Å². The Labute approximate surface area is 168 Å². The first kappa shape index (κ1) is 20.6. The van der Waals surface area contributed by atoms with E-state index in [4.69, 9.17) is 9.26 Å². The number of halogens is 4. The smallest absolute Gasteiger partial charge is 0.386 e. The molecule has 0 spiro atoms. The van der Waals surface area contributed by atoms with Gasteiger partial charge in [-0.05, 0) is 36.8 Å². The highest BCUT2D eigenvalue weighted by Crippen LogP contribution is 2.32. The van der Waals surface area contributed by atoms with Crippen LogP contribution in [0.3, 0.4) is 0 Å². The lowest BCUT2D eigenvalue weighted by molar-refractivity contribution is -0.137. The van der Waals surface area contributed by atoms with Gasteiger partial charge < -0.3 is 14.4 Å². The maximum atomic E-state index is 12.8. The maximum absolute atomic E-state index is 12.8. The van der Waals surface area contributed by atoms with E-state index in [1.807, 2.05) is 24.3 Å². The Balaban J connectivity index is 1.68. The second-order valence-electron chi connectivity index (χ2n) is 6.25. The minimum atomic E-state index is -4.41. The van der Waals surface area contributed by atoms with Crippen molar-refractivity contribution in [1.29, 1.82) is 0 Å². The number of aliphatic hydroxyl groups excluding tert-OH is 1. The number of aliphatic hydroxyl groups is 1. The molecule has 3 rings (SSSR count). The Bertz CT molecular complexity index is 939. The molecule has 1 N–H and O–H groups in total. The number of nitrogens with zero attached hydrogens (tertiary/aromatic N) is 1. The molecular weight excluding hydrogens is 439 g/mol. The predicted octanol–water partition coefficient (Wildman–Crippen LogP) is 5.68. The van der Waals surface area contributed by atoms with Gasteiger partial charge in [0.2, 0.25) is 0 Å². The van der Waals surface area contributed by atoms with Crippen molar-refractivity contribution in [2.24, 2.45) is 0 Å². The Morgan fingerprint density at radius 2 is 1.89 bits per heavy atom. The molecule has 1 unspecified atom stereocenters. The molecule has 0 saturated carbocycles. The summed E-state index contributed by atoms with van der Waals surface area (Å²) in [5, 5.41) is 14.4. The minimum Gasteiger partial charge on any atom is -0.386 e. The first-order valence-corrected chi connectivity index (χ1v) is 9.19. The molecule has 0 aliphatic carbocycles. The molecule has 28 heavy (non-hydrogen) atoms. The molecular formula is C20H17BrF3NO3. The summed E-state index contributed by atoms with van der Waals surface area (Å²) in [4.78, 5) is 0. The van der Waals surface area contributed by atoms with Crippen LogP contribution in [0, 0.1) is 6.92 Å². The molecule has 1 aromatic heterocycles. The number of aromatic nitrogens is 1. The zero-order valence-corrected chi connectivity index (χ0v) is 16.4. The quantitative estimate of drug-likeness (QED) is 0.519. The number of hydrogen-bond donors (Lipinski definition) is 1. The fourth-order valence-corrected chi connectivity index (χ4v) is 3.05. The summed E-state index contributed by atoms with van der Waals surface area (Å²) in [7, 11) is 0. The van der Waals surface area contributed by atoms with E-state index >= 15 is 0 Å². The molecule has 3 aromatic rings. The van der Waals surface area contributed by atoms with Crippen LogP contribution in [0.15, 0.2) is 57.5 Å². The third-order valence-corrected chi connectivity index (χ3v) is 4.68. The summed E-state index contributed by atoms with van der Waals surface area (Å²) in [6.07, 6.45) is -5.44. The molecule has 0 amide bonds. The molecule has 148 valence electrons. The van der Waals surface area contributed by atoms with E-state index in [0.717, 1.165) is 22.2 Å². The highest BCUT2D eigenvalue weighted by Gasteiger charge is 2.30. The molecule has 0 aliphatic heterocycles. The van der Waals surface area contributed by atoms with Crippen LogP contribution in [0.1, 0.15) is 28.5 Å². The van der Waals surface area contributed by atoms with Gasteiger partial charge in [-0.1, -0.05) is 45.4 Å². The zero-order chi connectivity index (χ0) is 20.3. The average Bonchev–Trinajstić information content (AvgIpc) is 3.03. The molecule has 1 heterocycles. The van der Waals surface area contributed by atoms with Crippen molar-refractivity contribution in [3.63, 3.8) is 0 Å². The lowest BCUT2D eigenvalue weighted by atomic mass is 10.0. The van der Waals surface area contributed by atoms with Crippen LogP contribution in [-0.4, -0.2) is 16.9 Å². The average molecular weight is 456 g/mol. The molecule has 0 aliphatic rings. The molecule has 0 radical (unpaired) electrons. The van der Waals surface area contributed by atoms with Crippen LogP contribution >= 0.6 is 15.9 Å². The van der Waals surface area contributed by atoms with Gasteiger partial charge in [0.05, 0.1) is 30.0 Å². The largest absolute Gasteiger partial charge is 0.416 e. The number of ether oxygens (including phenoxy) is 1. The molecule has 0 saturated heterocycles. The van der Waals surface area contributed by atoms with E-state index in [1.54, 1.807) is 13.0 Å². The Morgan fingerprint density at radius 3 is 2.57 bits per heavy atom. The van der Waals surface area contributed by atoms with E-state index in [0.29, 0.717) is 22.6 Å². The summed E-state index contributed by atoms with van der Waals surface area (Å²) in [6.45, 7) is 1.54. The standard InChI is InChI=1S/C20H17BrF3NO3/c1-12-18(19(28-25-12)14-5-7-16(21)8-6-14)17(26)11-27-10-13-3-2-4-15(9-13)20(22,23)24/h2-9,17,26H,10-11H2,1H3. The van der Waals surface area contributed by atoms with Gasteiger partial charge in [-0.2, -0.15) is 13.2 Å². The lowest BCUT2D eigenvalue weighted by Crippen LogP contribution is -2.10. The van der Waals surface area contributed by atoms with Gasteiger partial charge in [0.25, 0.3) is 0 Å². The van der Waals surface area contributed by atoms with E-state index < -0.39 is 17.8 Å². The van der Waals surface area contributed by atoms with Crippen LogP contribution in [0.5, 0.6) is 0 Å². The third kappa shape index (κ3) is 4.81. The summed E-state index contributed by atoms with van der Waals surface area (Å²) in [5.74, 6) is 0.431. The summed E-state index contributed by atoms with van der Waals surface area (Å²) in [6, 6.07) is 12.2. The van der Waals surface area contributed by atoms with Crippen LogP contribution in [0.25, 0.3) is 11.3 Å². The van der Waals surface area contributed by atoms with Crippen LogP contribution in [-0.2, 0) is 17.5 Å². The molecule has 1 atom stereocenters. The maximum Gasteiger partial charge on any atom is 0.416 e. The van der Waals surface area contributed by atoms with E-state index in [9.17, 15) is 18.3 Å². The third-order valence-electron chi connectivity index (χ3n) is 4.15. The van der Waals surface area contributed by atoms with Crippen molar-refractivity contribution in [1.82, 2.24) is 5.16 Å². The Hall–Kier alpha value is -2.16. The topological polar surface area (TPSA) is 55.5 Å². The highest BCUT2D eigenvalue weighted by atomic mass is 79.9. The molecule has 2 aromatic carbocycles. The van der Waals surface area contributed by atoms with Gasteiger partial charge in [0.1, 0.15) is 6.10 Å². The van der Waals surface area contributed by atoms with Crippen molar-refractivity contribution in [3.8, 4) is 11.3 Å². The molecule has 8 heteroatoms. The zero-order valence-electron chi connectivity index (χ0n) is 14.8. The Kier molecular flexibility index (Phi) is 6.22. The summed E-state index contributed by atoms with van der Waals surface area (Å²) >= 11 is 3.36. The fraction of sp³-hybridized carbons (Fsp3) is 0.250. The van der Waals surface area contributed by atoms with Crippen LogP contribution in [0.4, 0.5) is 13.2 Å². The normalized spacial score (nSPS) is 12.9. The lowest BCUT2D eigenvalue weighted by Gasteiger charge is -2.13. The first-order chi connectivity index (χ1) is 13.3. The van der Waals surface area contributed by atoms with Gasteiger partial charge in [0, 0.05) is 10.0 Å². The van der Waals surface area contributed by atoms with E-state index in [2.05, 4.69) is 21.1 Å². The number of aryl methyl sites for hydroxylation is 1. The van der Waals surface area contributed by atoms with Crippen LogP contribution in [0.2, 0.25) is 0 Å². The number of rotatable bonds is 6. The Morgan fingerprint density at radius 1 is 1.18 bits per heavy atom. The van der Waals surface area contributed by atoms with E-state index in [1.165, 1.54) is 6.07 Å². The van der Waals surface area contributed by atoms with Crippen molar-refractivity contribution >= 4 is 15.9 Å². The number of alkyl halides is 3. The van der Waals surface area contributed by atoms with Gasteiger partial charge >= 0.3 is 6.18 Å². The monoisotopic (exact) mass is 455 g/mol. The second kappa shape index (κ2) is 8.46. The highest BCUT2D eigenvalue weighted by molar-refractivity contribution is 9.10. The van der Waals surface area contributed by atoms with Crippen molar-refractivity contribution in [3.05, 3.63) is 75.4 Å². The summed E-state index contributed by atoms with van der Waals surface area (Å²) in [5.41, 5.74) is 1.40. The van der Waals surface area contributed by atoms with Gasteiger partial charge in [-0.15, -0.1) is 0 Å².